The van der Waals surface area contributed by atoms with Gasteiger partial charge in [0.2, 0.25) is 0 Å². The van der Waals surface area contributed by atoms with Crippen LogP contribution in [0.3, 0.4) is 0 Å². The topological polar surface area (TPSA) is 33.3 Å². The van der Waals surface area contributed by atoms with E-state index in [1.807, 2.05) is 13.1 Å². The number of anilines is 1. The molecule has 0 heterocycles. The second-order valence-corrected chi connectivity index (χ2v) is 4.87. The molecule has 0 amide bonds. The van der Waals surface area contributed by atoms with Gasteiger partial charge in [0, 0.05) is 17.8 Å². The summed E-state index contributed by atoms with van der Waals surface area (Å²) >= 11 is 0. The zero-order valence-electron chi connectivity index (χ0n) is 11.6. The molecule has 0 radical (unpaired) electrons. The lowest BCUT2D eigenvalue weighted by atomic mass is 10.1. The number of hydrogen-bond donors (Lipinski definition) is 2. The third-order valence-electron chi connectivity index (χ3n) is 3.07. The van der Waals surface area contributed by atoms with E-state index < -0.39 is 0 Å². The standard InChI is InChI=1S/C14H24N2O/c1-6-11-9-12(7-8-13(11)17-5)16-10-14(2,3)15-4/h7-9,15-16H,6,10H2,1-5H3. The summed E-state index contributed by atoms with van der Waals surface area (Å²) < 4.78 is 5.32. The summed E-state index contributed by atoms with van der Waals surface area (Å²) in [6.45, 7) is 7.37. The van der Waals surface area contributed by atoms with Crippen LogP contribution in [0.5, 0.6) is 5.75 Å². The first-order valence-electron chi connectivity index (χ1n) is 6.12. The molecule has 0 aliphatic carbocycles. The first-order chi connectivity index (χ1) is 8.02. The van der Waals surface area contributed by atoms with Gasteiger partial charge in [-0.25, -0.2) is 0 Å². The molecule has 0 atom stereocenters. The maximum atomic E-state index is 5.32. The highest BCUT2D eigenvalue weighted by Gasteiger charge is 2.14. The van der Waals surface area contributed by atoms with E-state index in [9.17, 15) is 0 Å². The van der Waals surface area contributed by atoms with Crippen LogP contribution in [-0.4, -0.2) is 26.2 Å². The molecule has 17 heavy (non-hydrogen) atoms. The summed E-state index contributed by atoms with van der Waals surface area (Å²) in [4.78, 5) is 0. The largest absolute Gasteiger partial charge is 0.496 e. The molecule has 0 spiro atoms. The van der Waals surface area contributed by atoms with Crippen molar-refractivity contribution in [2.75, 3.05) is 26.0 Å². The van der Waals surface area contributed by atoms with Crippen LogP contribution >= 0.6 is 0 Å². The van der Waals surface area contributed by atoms with Gasteiger partial charge in [-0.05, 0) is 51.1 Å². The number of benzene rings is 1. The lowest BCUT2D eigenvalue weighted by molar-refractivity contribution is 0.410. The van der Waals surface area contributed by atoms with E-state index in [4.69, 9.17) is 4.74 Å². The lowest BCUT2D eigenvalue weighted by Gasteiger charge is -2.25. The Hall–Kier alpha value is -1.22. The summed E-state index contributed by atoms with van der Waals surface area (Å²) in [6.07, 6.45) is 0.980. The van der Waals surface area contributed by atoms with Crippen LogP contribution in [0.15, 0.2) is 18.2 Å². The number of nitrogens with one attached hydrogen (secondary N) is 2. The van der Waals surface area contributed by atoms with E-state index in [-0.39, 0.29) is 5.54 Å². The van der Waals surface area contributed by atoms with Crippen LogP contribution < -0.4 is 15.4 Å². The van der Waals surface area contributed by atoms with Crippen molar-refractivity contribution in [2.45, 2.75) is 32.7 Å². The Morgan fingerprint density at radius 2 is 2.00 bits per heavy atom. The third-order valence-corrected chi connectivity index (χ3v) is 3.07. The van der Waals surface area contributed by atoms with Gasteiger partial charge in [0.25, 0.3) is 0 Å². The normalized spacial score (nSPS) is 11.4. The highest BCUT2D eigenvalue weighted by molar-refractivity contribution is 5.51. The molecule has 0 aromatic heterocycles. The van der Waals surface area contributed by atoms with Crippen molar-refractivity contribution in [1.82, 2.24) is 5.32 Å². The van der Waals surface area contributed by atoms with Gasteiger partial charge in [-0.2, -0.15) is 0 Å². The van der Waals surface area contributed by atoms with Gasteiger partial charge < -0.3 is 15.4 Å². The fourth-order valence-corrected chi connectivity index (χ4v) is 1.58. The van der Waals surface area contributed by atoms with E-state index in [1.54, 1.807) is 7.11 Å². The smallest absolute Gasteiger partial charge is 0.122 e. The molecule has 96 valence electrons. The van der Waals surface area contributed by atoms with Crippen LogP contribution in [0.1, 0.15) is 26.3 Å². The molecular formula is C14H24N2O. The van der Waals surface area contributed by atoms with Crippen molar-refractivity contribution in [2.24, 2.45) is 0 Å². The predicted molar refractivity (Wildman–Crippen MR) is 74.0 cm³/mol. The number of methoxy groups -OCH3 is 1. The van der Waals surface area contributed by atoms with Gasteiger partial charge in [-0.3, -0.25) is 0 Å². The molecular weight excluding hydrogens is 212 g/mol. The average Bonchev–Trinajstić information content (AvgIpc) is 2.36. The van der Waals surface area contributed by atoms with Gasteiger partial charge in [0.15, 0.2) is 0 Å². The SMILES string of the molecule is CCc1cc(NCC(C)(C)NC)ccc1OC. The number of likely N-dealkylation sites (N-methyl/N-ethyl adjacent to an activating group) is 1. The molecule has 0 aliphatic rings. The summed E-state index contributed by atoms with van der Waals surface area (Å²) in [7, 11) is 3.69. The lowest BCUT2D eigenvalue weighted by Crippen LogP contribution is -2.42. The van der Waals surface area contributed by atoms with E-state index in [1.165, 1.54) is 5.56 Å². The van der Waals surface area contributed by atoms with Gasteiger partial charge in [0.1, 0.15) is 5.75 Å². The van der Waals surface area contributed by atoms with Crippen molar-refractivity contribution in [3.8, 4) is 5.75 Å². The summed E-state index contributed by atoms with van der Waals surface area (Å²) in [5.74, 6) is 0.964. The summed E-state index contributed by atoms with van der Waals surface area (Å²) in [5.41, 5.74) is 2.47. The highest BCUT2D eigenvalue weighted by atomic mass is 16.5. The zero-order chi connectivity index (χ0) is 12.9. The zero-order valence-corrected chi connectivity index (χ0v) is 11.6. The summed E-state index contributed by atoms with van der Waals surface area (Å²) in [6, 6.07) is 6.24. The third kappa shape index (κ3) is 3.93. The number of aryl methyl sites for hydroxylation is 1. The van der Waals surface area contributed by atoms with E-state index in [2.05, 4.69) is 43.5 Å². The van der Waals surface area contributed by atoms with Crippen LogP contribution in [0.25, 0.3) is 0 Å². The van der Waals surface area contributed by atoms with Gasteiger partial charge in [0.05, 0.1) is 7.11 Å². The van der Waals surface area contributed by atoms with Crippen molar-refractivity contribution in [1.29, 1.82) is 0 Å². The fraction of sp³-hybridized carbons (Fsp3) is 0.571. The first kappa shape index (κ1) is 13.8. The number of rotatable bonds is 6. The molecule has 1 rings (SSSR count). The molecule has 1 aromatic carbocycles. The molecule has 1 aromatic rings. The highest BCUT2D eigenvalue weighted by Crippen LogP contribution is 2.23. The van der Waals surface area contributed by atoms with Crippen molar-refractivity contribution in [3.05, 3.63) is 23.8 Å². The molecule has 0 saturated heterocycles. The van der Waals surface area contributed by atoms with Crippen LogP contribution in [0, 0.1) is 0 Å². The minimum atomic E-state index is 0.0896. The predicted octanol–water partition coefficient (Wildman–Crippen LogP) is 2.67. The molecule has 0 aliphatic heterocycles. The monoisotopic (exact) mass is 236 g/mol. The molecule has 0 unspecified atom stereocenters. The Bertz CT molecular complexity index is 361. The van der Waals surface area contributed by atoms with Crippen LogP contribution in [-0.2, 0) is 6.42 Å². The van der Waals surface area contributed by atoms with Crippen molar-refractivity contribution >= 4 is 5.69 Å². The van der Waals surface area contributed by atoms with Crippen LogP contribution in [0.2, 0.25) is 0 Å². The van der Waals surface area contributed by atoms with E-state index >= 15 is 0 Å². The number of hydrogen-bond acceptors (Lipinski definition) is 3. The average molecular weight is 236 g/mol. The minimum Gasteiger partial charge on any atom is -0.496 e. The Morgan fingerprint density at radius 1 is 1.29 bits per heavy atom. The maximum absolute atomic E-state index is 5.32. The van der Waals surface area contributed by atoms with Crippen molar-refractivity contribution in [3.63, 3.8) is 0 Å². The number of ether oxygens (including phenoxy) is 1. The molecule has 0 fully saturated rings. The Morgan fingerprint density at radius 3 is 2.53 bits per heavy atom. The molecule has 3 nitrogen and oxygen atoms in total. The Kier molecular flexibility index (Phi) is 4.82. The Balaban J connectivity index is 2.73. The second kappa shape index (κ2) is 5.92. The molecule has 2 N–H and O–H groups in total. The quantitative estimate of drug-likeness (QED) is 0.796. The van der Waals surface area contributed by atoms with E-state index in [0.717, 1.165) is 24.4 Å². The van der Waals surface area contributed by atoms with E-state index in [0.29, 0.717) is 0 Å². The minimum absolute atomic E-state index is 0.0896. The fourth-order valence-electron chi connectivity index (χ4n) is 1.58. The Labute approximate surface area is 105 Å². The second-order valence-electron chi connectivity index (χ2n) is 4.87. The van der Waals surface area contributed by atoms with Gasteiger partial charge in [-0.1, -0.05) is 6.92 Å². The molecule has 0 bridgehead atoms. The maximum Gasteiger partial charge on any atom is 0.122 e. The first-order valence-corrected chi connectivity index (χ1v) is 6.12. The summed E-state index contributed by atoms with van der Waals surface area (Å²) in [5, 5.41) is 6.72. The molecule has 0 saturated carbocycles. The van der Waals surface area contributed by atoms with Gasteiger partial charge >= 0.3 is 0 Å². The molecule has 3 heteroatoms. The van der Waals surface area contributed by atoms with Crippen LogP contribution in [0.4, 0.5) is 5.69 Å². The van der Waals surface area contributed by atoms with Crippen molar-refractivity contribution < 1.29 is 4.74 Å². The van der Waals surface area contributed by atoms with Gasteiger partial charge in [-0.15, -0.1) is 0 Å².